The normalized spacial score (nSPS) is 20.3. The van der Waals surface area contributed by atoms with E-state index in [-0.39, 0.29) is 18.9 Å². The third-order valence-electron chi connectivity index (χ3n) is 4.32. The zero-order valence-electron chi connectivity index (χ0n) is 13.2. The third kappa shape index (κ3) is 3.44. The van der Waals surface area contributed by atoms with Crippen molar-refractivity contribution in [3.05, 3.63) is 40.4 Å². The largest absolute Gasteiger partial charge is 0.481 e. The summed E-state index contributed by atoms with van der Waals surface area (Å²) < 4.78 is 0. The second kappa shape index (κ2) is 6.53. The Hall–Kier alpha value is -1.92. The van der Waals surface area contributed by atoms with Crippen LogP contribution in [-0.2, 0) is 16.0 Å². The molecule has 0 saturated carbocycles. The van der Waals surface area contributed by atoms with Crippen LogP contribution in [0.1, 0.15) is 19.0 Å². The monoisotopic (exact) mass is 364 g/mol. The van der Waals surface area contributed by atoms with E-state index in [1.165, 1.54) is 11.3 Å². The van der Waals surface area contributed by atoms with E-state index in [2.05, 4.69) is 4.98 Å². The predicted octanol–water partition coefficient (Wildman–Crippen LogP) is 3.33. The molecule has 0 radical (unpaired) electrons. The summed E-state index contributed by atoms with van der Waals surface area (Å²) in [6.45, 7) is 2.43. The molecular weight excluding hydrogens is 348 g/mol. The molecule has 1 unspecified atom stereocenters. The number of aromatic nitrogens is 1. The van der Waals surface area contributed by atoms with Crippen LogP contribution >= 0.6 is 22.9 Å². The summed E-state index contributed by atoms with van der Waals surface area (Å²) in [5.74, 6) is -0.926. The van der Waals surface area contributed by atoms with E-state index in [0.29, 0.717) is 23.7 Å². The Morgan fingerprint density at radius 1 is 1.38 bits per heavy atom. The Labute approximate surface area is 148 Å². The van der Waals surface area contributed by atoms with Crippen molar-refractivity contribution in [2.75, 3.05) is 13.1 Å². The second-order valence-corrected chi connectivity index (χ2v) is 7.55. The molecule has 1 aromatic heterocycles. The molecule has 1 fully saturated rings. The maximum atomic E-state index is 12.4. The van der Waals surface area contributed by atoms with Gasteiger partial charge in [-0.1, -0.05) is 23.7 Å². The molecule has 2 aromatic rings. The zero-order valence-corrected chi connectivity index (χ0v) is 14.7. The summed E-state index contributed by atoms with van der Waals surface area (Å²) in [5.41, 5.74) is 0.827. The zero-order chi connectivity index (χ0) is 17.3. The van der Waals surface area contributed by atoms with Crippen LogP contribution in [0.4, 0.5) is 0 Å². The molecule has 1 atom stereocenters. The van der Waals surface area contributed by atoms with Crippen molar-refractivity contribution in [1.29, 1.82) is 0 Å². The number of likely N-dealkylation sites (tertiary alicyclic amines) is 1. The van der Waals surface area contributed by atoms with Gasteiger partial charge in [0.15, 0.2) is 0 Å². The average Bonchev–Trinajstić information content (AvgIpc) is 3.16. The molecule has 2 heterocycles. The van der Waals surface area contributed by atoms with Gasteiger partial charge in [-0.15, -0.1) is 11.3 Å². The average molecular weight is 365 g/mol. The highest BCUT2D eigenvalue weighted by molar-refractivity contribution is 7.13. The summed E-state index contributed by atoms with van der Waals surface area (Å²) in [4.78, 5) is 29.8. The number of aliphatic carboxylic acids is 1. The highest BCUT2D eigenvalue weighted by Crippen LogP contribution is 2.31. The molecule has 0 aliphatic carbocycles. The molecule has 3 rings (SSSR count). The number of nitrogens with zero attached hydrogens (tertiary/aromatic N) is 2. The van der Waals surface area contributed by atoms with Crippen LogP contribution in [0.5, 0.6) is 0 Å². The van der Waals surface area contributed by atoms with Gasteiger partial charge >= 0.3 is 5.97 Å². The molecule has 0 spiro atoms. The summed E-state index contributed by atoms with van der Waals surface area (Å²) in [6.07, 6.45) is 0.682. The number of halogens is 1. The van der Waals surface area contributed by atoms with E-state index >= 15 is 0 Å². The first-order chi connectivity index (χ1) is 11.4. The van der Waals surface area contributed by atoms with Gasteiger partial charge in [0, 0.05) is 29.1 Å². The lowest BCUT2D eigenvalue weighted by Crippen LogP contribution is -2.35. The fourth-order valence-electron chi connectivity index (χ4n) is 2.73. The summed E-state index contributed by atoms with van der Waals surface area (Å²) >= 11 is 7.36. The Balaban J connectivity index is 1.66. The van der Waals surface area contributed by atoms with E-state index in [1.807, 2.05) is 17.5 Å². The molecule has 1 amide bonds. The topological polar surface area (TPSA) is 70.5 Å². The van der Waals surface area contributed by atoms with Crippen molar-refractivity contribution in [3.8, 4) is 10.6 Å². The molecule has 1 aliphatic rings. The Kier molecular flexibility index (Phi) is 4.60. The van der Waals surface area contributed by atoms with Crippen molar-refractivity contribution in [3.63, 3.8) is 0 Å². The number of rotatable bonds is 4. The smallest absolute Gasteiger partial charge is 0.311 e. The molecule has 5 nitrogen and oxygen atoms in total. The van der Waals surface area contributed by atoms with Crippen molar-refractivity contribution in [2.24, 2.45) is 5.41 Å². The predicted molar refractivity (Wildman–Crippen MR) is 93.2 cm³/mol. The molecule has 1 aromatic carbocycles. The van der Waals surface area contributed by atoms with Crippen molar-refractivity contribution in [1.82, 2.24) is 9.88 Å². The quantitative estimate of drug-likeness (QED) is 0.903. The lowest BCUT2D eigenvalue weighted by atomic mass is 9.90. The molecule has 0 bridgehead atoms. The minimum atomic E-state index is -0.850. The van der Waals surface area contributed by atoms with E-state index in [0.717, 1.165) is 10.6 Å². The summed E-state index contributed by atoms with van der Waals surface area (Å²) in [6, 6.07) is 7.40. The lowest BCUT2D eigenvalue weighted by Gasteiger charge is -2.19. The number of hydrogen-bond donors (Lipinski definition) is 1. The number of benzene rings is 1. The number of hydrogen-bond acceptors (Lipinski definition) is 4. The fraction of sp³-hybridized carbons (Fsp3) is 0.353. The number of thiazole rings is 1. The molecular formula is C17H17ClN2O3S. The van der Waals surface area contributed by atoms with E-state index in [9.17, 15) is 14.7 Å². The van der Waals surface area contributed by atoms with Crippen LogP contribution in [0.15, 0.2) is 29.6 Å². The fourth-order valence-corrected chi connectivity index (χ4v) is 3.68. The first-order valence-electron chi connectivity index (χ1n) is 7.59. The maximum absolute atomic E-state index is 12.4. The van der Waals surface area contributed by atoms with Gasteiger partial charge in [-0.25, -0.2) is 4.98 Å². The minimum Gasteiger partial charge on any atom is -0.481 e. The van der Waals surface area contributed by atoms with Crippen LogP contribution in [0.2, 0.25) is 5.02 Å². The Morgan fingerprint density at radius 2 is 2.08 bits per heavy atom. The summed E-state index contributed by atoms with van der Waals surface area (Å²) in [5, 5.41) is 12.6. The third-order valence-corrected chi connectivity index (χ3v) is 5.51. The van der Waals surface area contributed by atoms with Gasteiger partial charge in [-0.2, -0.15) is 0 Å². The van der Waals surface area contributed by atoms with Gasteiger partial charge < -0.3 is 10.0 Å². The second-order valence-electron chi connectivity index (χ2n) is 6.26. The van der Waals surface area contributed by atoms with Crippen LogP contribution in [0.25, 0.3) is 10.6 Å². The molecule has 1 N–H and O–H groups in total. The van der Waals surface area contributed by atoms with Crippen LogP contribution in [0.3, 0.4) is 0 Å². The van der Waals surface area contributed by atoms with E-state index in [4.69, 9.17) is 11.6 Å². The van der Waals surface area contributed by atoms with Crippen LogP contribution in [0, 0.1) is 5.41 Å². The number of carbonyl (C=O) groups excluding carboxylic acids is 1. The van der Waals surface area contributed by atoms with Gasteiger partial charge in [-0.05, 0) is 25.5 Å². The van der Waals surface area contributed by atoms with Gasteiger partial charge in [0.1, 0.15) is 5.01 Å². The standard InChI is InChI=1S/C17H17ClN2O3S/c1-17(16(22)23)6-7-20(10-17)14(21)8-13-9-24-15(19-13)11-2-4-12(18)5-3-11/h2-5,9H,6-8,10H2,1H3,(H,22,23). The maximum Gasteiger partial charge on any atom is 0.311 e. The van der Waals surface area contributed by atoms with Gasteiger partial charge in [0.05, 0.1) is 17.5 Å². The van der Waals surface area contributed by atoms with Gasteiger partial charge in [0.25, 0.3) is 0 Å². The molecule has 1 aliphatic heterocycles. The van der Waals surface area contributed by atoms with Crippen molar-refractivity contribution < 1.29 is 14.7 Å². The Morgan fingerprint density at radius 3 is 2.71 bits per heavy atom. The van der Waals surface area contributed by atoms with Crippen molar-refractivity contribution >= 4 is 34.8 Å². The summed E-state index contributed by atoms with van der Waals surface area (Å²) in [7, 11) is 0. The van der Waals surface area contributed by atoms with Crippen LogP contribution in [-0.4, -0.2) is 40.0 Å². The van der Waals surface area contributed by atoms with E-state index < -0.39 is 11.4 Å². The molecule has 24 heavy (non-hydrogen) atoms. The SMILES string of the molecule is CC1(C(=O)O)CCN(C(=O)Cc2csc(-c3ccc(Cl)cc3)n2)C1. The van der Waals surface area contributed by atoms with Crippen molar-refractivity contribution in [2.45, 2.75) is 19.8 Å². The van der Waals surface area contributed by atoms with E-state index in [1.54, 1.807) is 24.0 Å². The first kappa shape index (κ1) is 16.9. The number of carboxylic acids is 1. The number of carboxylic acid groups (broad SMARTS) is 1. The first-order valence-corrected chi connectivity index (χ1v) is 8.85. The Bertz CT molecular complexity index is 774. The van der Waals surface area contributed by atoms with Gasteiger partial charge in [-0.3, -0.25) is 9.59 Å². The molecule has 1 saturated heterocycles. The van der Waals surface area contributed by atoms with Crippen LogP contribution < -0.4 is 0 Å². The minimum absolute atomic E-state index is 0.0760. The highest BCUT2D eigenvalue weighted by atomic mass is 35.5. The number of amides is 1. The lowest BCUT2D eigenvalue weighted by molar-refractivity contribution is -0.147. The highest BCUT2D eigenvalue weighted by Gasteiger charge is 2.42. The van der Waals surface area contributed by atoms with Gasteiger partial charge in [0.2, 0.25) is 5.91 Å². The molecule has 126 valence electrons. The molecule has 7 heteroatoms. The number of carbonyl (C=O) groups is 2.